The van der Waals surface area contributed by atoms with E-state index in [0.29, 0.717) is 18.6 Å². The van der Waals surface area contributed by atoms with Crippen molar-refractivity contribution in [2.45, 2.75) is 31.8 Å². The molecule has 4 nitrogen and oxygen atoms in total. The van der Waals surface area contributed by atoms with E-state index < -0.39 is 0 Å². The van der Waals surface area contributed by atoms with Crippen LogP contribution in [0.3, 0.4) is 0 Å². The largest absolute Gasteiger partial charge is 0.348 e. The Kier molecular flexibility index (Phi) is 5.76. The molecule has 21 heavy (non-hydrogen) atoms. The van der Waals surface area contributed by atoms with E-state index in [4.69, 9.17) is 0 Å². The first-order chi connectivity index (χ1) is 10.1. The van der Waals surface area contributed by atoms with Gasteiger partial charge in [-0.05, 0) is 25.3 Å². The van der Waals surface area contributed by atoms with Gasteiger partial charge in [0.1, 0.15) is 0 Å². The highest BCUT2D eigenvalue weighted by Crippen LogP contribution is 2.17. The van der Waals surface area contributed by atoms with Crippen LogP contribution in [0.25, 0.3) is 0 Å². The predicted molar refractivity (Wildman–Crippen MR) is 86.1 cm³/mol. The lowest BCUT2D eigenvalue weighted by atomic mass is 10.0. The third kappa shape index (κ3) is 4.83. The van der Waals surface area contributed by atoms with Crippen molar-refractivity contribution in [3.05, 3.63) is 35.9 Å². The molecule has 0 spiro atoms. The van der Waals surface area contributed by atoms with Crippen molar-refractivity contribution in [3.8, 4) is 0 Å². The second-order valence-electron chi connectivity index (χ2n) is 6.14. The van der Waals surface area contributed by atoms with Crippen molar-refractivity contribution < 1.29 is 4.79 Å². The zero-order chi connectivity index (χ0) is 15.2. The highest BCUT2D eigenvalue weighted by molar-refractivity contribution is 5.77. The fourth-order valence-corrected chi connectivity index (χ4v) is 2.78. The van der Waals surface area contributed by atoms with Crippen LogP contribution in [0.5, 0.6) is 0 Å². The summed E-state index contributed by atoms with van der Waals surface area (Å²) in [5.74, 6) is 0.194. The lowest BCUT2D eigenvalue weighted by molar-refractivity contribution is -0.130. The summed E-state index contributed by atoms with van der Waals surface area (Å²) in [4.78, 5) is 15.7. The van der Waals surface area contributed by atoms with E-state index in [2.05, 4.69) is 47.5 Å². The highest BCUT2D eigenvalue weighted by Gasteiger charge is 2.22. The Morgan fingerprint density at radius 3 is 2.48 bits per heavy atom. The smallest absolute Gasteiger partial charge is 0.236 e. The lowest BCUT2D eigenvalue weighted by Crippen LogP contribution is -2.46. The van der Waals surface area contributed by atoms with Crippen molar-refractivity contribution >= 4 is 5.91 Å². The second-order valence-corrected chi connectivity index (χ2v) is 6.14. The van der Waals surface area contributed by atoms with Crippen molar-refractivity contribution in [2.24, 2.45) is 0 Å². The quantitative estimate of drug-likeness (QED) is 0.899. The van der Waals surface area contributed by atoms with Gasteiger partial charge in [-0.1, -0.05) is 30.3 Å². The number of likely N-dealkylation sites (N-methyl/N-ethyl adjacent to an activating group) is 1. The standard InChI is InChI=1S/C17H27N3O/c1-14(15-7-5-4-6-8-15)18-16-9-11-20(12-10-16)13-17(21)19(2)3/h4-8,14,16,18H,9-13H2,1-3H3. The highest BCUT2D eigenvalue weighted by atomic mass is 16.2. The molecule has 1 unspecified atom stereocenters. The van der Waals surface area contributed by atoms with Crippen LogP contribution in [0.1, 0.15) is 31.4 Å². The summed E-state index contributed by atoms with van der Waals surface area (Å²) in [6.45, 7) is 4.77. The van der Waals surface area contributed by atoms with Gasteiger partial charge >= 0.3 is 0 Å². The SMILES string of the molecule is CC(NC1CCN(CC(=O)N(C)C)CC1)c1ccccc1. The van der Waals surface area contributed by atoms with E-state index in [-0.39, 0.29) is 5.91 Å². The molecular weight excluding hydrogens is 262 g/mol. The Bertz CT molecular complexity index is 439. The minimum absolute atomic E-state index is 0.194. The maximum Gasteiger partial charge on any atom is 0.236 e. The molecule has 1 amide bonds. The van der Waals surface area contributed by atoms with Crippen LogP contribution in [0.15, 0.2) is 30.3 Å². The Balaban J connectivity index is 1.75. The molecule has 1 aromatic carbocycles. The molecule has 0 saturated carbocycles. The lowest BCUT2D eigenvalue weighted by Gasteiger charge is -2.34. The number of carbonyl (C=O) groups excluding carboxylic acids is 1. The summed E-state index contributed by atoms with van der Waals surface area (Å²) < 4.78 is 0. The Morgan fingerprint density at radius 1 is 1.29 bits per heavy atom. The van der Waals surface area contributed by atoms with Gasteiger partial charge in [-0.3, -0.25) is 9.69 Å². The van der Waals surface area contributed by atoms with Crippen LogP contribution in [0.4, 0.5) is 0 Å². The number of likely N-dealkylation sites (tertiary alicyclic amines) is 1. The molecule has 1 saturated heterocycles. The average molecular weight is 289 g/mol. The zero-order valence-electron chi connectivity index (χ0n) is 13.4. The summed E-state index contributed by atoms with van der Waals surface area (Å²) in [5.41, 5.74) is 1.34. The fourth-order valence-electron chi connectivity index (χ4n) is 2.78. The van der Waals surface area contributed by atoms with Crippen LogP contribution in [0.2, 0.25) is 0 Å². The van der Waals surface area contributed by atoms with Crippen molar-refractivity contribution in [2.75, 3.05) is 33.7 Å². The number of piperidine rings is 1. The van der Waals surface area contributed by atoms with Crippen molar-refractivity contribution in [3.63, 3.8) is 0 Å². The summed E-state index contributed by atoms with van der Waals surface area (Å²) in [5, 5.41) is 3.71. The summed E-state index contributed by atoms with van der Waals surface area (Å²) in [7, 11) is 3.64. The first-order valence-corrected chi connectivity index (χ1v) is 7.79. The van der Waals surface area contributed by atoms with E-state index in [0.717, 1.165) is 25.9 Å². The zero-order valence-corrected chi connectivity index (χ0v) is 13.4. The van der Waals surface area contributed by atoms with Gasteiger partial charge in [0.05, 0.1) is 6.54 Å². The van der Waals surface area contributed by atoms with Crippen molar-refractivity contribution in [1.29, 1.82) is 0 Å². The Hall–Kier alpha value is -1.39. The van der Waals surface area contributed by atoms with Crippen LogP contribution in [0, 0.1) is 0 Å². The number of hydrogen-bond acceptors (Lipinski definition) is 3. The number of hydrogen-bond donors (Lipinski definition) is 1. The maximum atomic E-state index is 11.7. The summed E-state index contributed by atoms with van der Waals surface area (Å²) in [6, 6.07) is 11.5. The summed E-state index contributed by atoms with van der Waals surface area (Å²) >= 11 is 0. The molecule has 1 heterocycles. The van der Waals surface area contributed by atoms with E-state index in [1.165, 1.54) is 5.56 Å². The van der Waals surface area contributed by atoms with Crippen LogP contribution in [-0.2, 0) is 4.79 Å². The molecule has 1 aliphatic heterocycles. The number of nitrogens with zero attached hydrogens (tertiary/aromatic N) is 2. The first-order valence-electron chi connectivity index (χ1n) is 7.79. The van der Waals surface area contributed by atoms with Gasteiger partial charge in [0.15, 0.2) is 0 Å². The van der Waals surface area contributed by atoms with Gasteiger partial charge in [0.25, 0.3) is 0 Å². The normalized spacial score (nSPS) is 18.4. The molecular formula is C17H27N3O. The maximum absolute atomic E-state index is 11.7. The molecule has 0 radical (unpaired) electrons. The number of rotatable bonds is 5. The molecule has 4 heteroatoms. The number of amides is 1. The topological polar surface area (TPSA) is 35.6 Å². The van der Waals surface area contributed by atoms with E-state index in [9.17, 15) is 4.79 Å². The molecule has 0 aliphatic carbocycles. The van der Waals surface area contributed by atoms with Crippen LogP contribution in [-0.4, -0.2) is 55.5 Å². The van der Waals surface area contributed by atoms with E-state index in [1.807, 2.05) is 14.1 Å². The minimum Gasteiger partial charge on any atom is -0.348 e. The number of nitrogens with one attached hydrogen (secondary N) is 1. The number of benzene rings is 1. The molecule has 1 aliphatic rings. The van der Waals surface area contributed by atoms with E-state index in [1.54, 1.807) is 4.90 Å². The fraction of sp³-hybridized carbons (Fsp3) is 0.588. The molecule has 1 atom stereocenters. The van der Waals surface area contributed by atoms with Gasteiger partial charge in [-0.25, -0.2) is 0 Å². The van der Waals surface area contributed by atoms with Gasteiger partial charge in [-0.2, -0.15) is 0 Å². The van der Waals surface area contributed by atoms with Crippen molar-refractivity contribution in [1.82, 2.24) is 15.1 Å². The summed E-state index contributed by atoms with van der Waals surface area (Å²) in [6.07, 6.45) is 2.22. The Morgan fingerprint density at radius 2 is 1.90 bits per heavy atom. The monoisotopic (exact) mass is 289 g/mol. The minimum atomic E-state index is 0.194. The molecule has 0 bridgehead atoms. The van der Waals surface area contributed by atoms with Gasteiger partial charge < -0.3 is 10.2 Å². The molecule has 116 valence electrons. The Labute approximate surface area is 128 Å². The van der Waals surface area contributed by atoms with Gasteiger partial charge in [-0.15, -0.1) is 0 Å². The second kappa shape index (κ2) is 7.57. The molecule has 1 fully saturated rings. The number of carbonyl (C=O) groups is 1. The predicted octanol–water partition coefficient (Wildman–Crippen LogP) is 1.89. The molecule has 0 aromatic heterocycles. The third-order valence-corrected chi connectivity index (χ3v) is 4.23. The van der Waals surface area contributed by atoms with Gasteiger partial charge in [0, 0.05) is 39.3 Å². The third-order valence-electron chi connectivity index (χ3n) is 4.23. The van der Waals surface area contributed by atoms with Gasteiger partial charge in [0.2, 0.25) is 5.91 Å². The molecule has 2 rings (SSSR count). The average Bonchev–Trinajstić information content (AvgIpc) is 2.50. The first kappa shape index (κ1) is 16.0. The molecule has 1 N–H and O–H groups in total. The van der Waals surface area contributed by atoms with Crippen LogP contribution >= 0.6 is 0 Å². The van der Waals surface area contributed by atoms with E-state index >= 15 is 0 Å². The molecule has 1 aromatic rings. The van der Waals surface area contributed by atoms with Crippen LogP contribution < -0.4 is 5.32 Å².